The number of H-pyrrole nitrogens is 1. The van der Waals surface area contributed by atoms with Crippen LogP contribution in [0.15, 0.2) is 77.6 Å². The summed E-state index contributed by atoms with van der Waals surface area (Å²) in [7, 11) is 1.71. The van der Waals surface area contributed by atoms with E-state index < -0.39 is 5.91 Å². The lowest BCUT2D eigenvalue weighted by Gasteiger charge is -2.18. The van der Waals surface area contributed by atoms with E-state index >= 15 is 0 Å². The van der Waals surface area contributed by atoms with Gasteiger partial charge in [-0.15, -0.1) is 0 Å². The first kappa shape index (κ1) is 28.1. The van der Waals surface area contributed by atoms with Crippen molar-refractivity contribution in [2.75, 3.05) is 30.4 Å². The fraction of sp³-hybridized carbons (Fsp3) is 0.219. The number of imidazole rings is 1. The molecule has 11 heteroatoms. The van der Waals surface area contributed by atoms with Gasteiger partial charge in [0.15, 0.2) is 5.78 Å². The minimum Gasteiger partial charge on any atom is -0.356 e. The summed E-state index contributed by atoms with van der Waals surface area (Å²) in [5.74, 6) is -0.251. The molecule has 2 N–H and O–H groups in total. The third-order valence-corrected chi connectivity index (χ3v) is 8.31. The molecular weight excluding hydrogens is 564 g/mol. The molecule has 6 rings (SSSR count). The predicted molar refractivity (Wildman–Crippen MR) is 166 cm³/mol. The number of amides is 3. The number of benzene rings is 2. The van der Waals surface area contributed by atoms with Crippen LogP contribution in [0, 0.1) is 0 Å². The van der Waals surface area contributed by atoms with E-state index in [1.54, 1.807) is 35.5 Å². The Kier molecular flexibility index (Phi) is 7.89. The molecule has 0 bridgehead atoms. The summed E-state index contributed by atoms with van der Waals surface area (Å²) in [5.41, 5.74) is 3.82. The SMILES string of the molecule is CN(C(=O)c1ccccc1)c1ccc2c(c1)nc(NC(=O)c1cc(C(=O)c3ccsc3)c[nH]1)n2CCCN1CCCC1=O. The number of carbonyl (C=O) groups is 4. The molecule has 10 nitrogen and oxygen atoms in total. The summed E-state index contributed by atoms with van der Waals surface area (Å²) in [4.78, 5) is 62.3. The predicted octanol–water partition coefficient (Wildman–Crippen LogP) is 5.20. The maximum absolute atomic E-state index is 13.3. The van der Waals surface area contributed by atoms with E-state index in [1.165, 1.54) is 23.6 Å². The second-order valence-electron chi connectivity index (χ2n) is 10.4. The number of rotatable bonds is 10. The van der Waals surface area contributed by atoms with Crippen molar-refractivity contribution in [3.8, 4) is 0 Å². The first-order chi connectivity index (χ1) is 20.9. The van der Waals surface area contributed by atoms with Gasteiger partial charge in [-0.1, -0.05) is 18.2 Å². The number of ketones is 1. The van der Waals surface area contributed by atoms with Crippen LogP contribution < -0.4 is 10.2 Å². The molecule has 2 aromatic carbocycles. The minimum absolute atomic E-state index is 0.150. The van der Waals surface area contributed by atoms with Crippen molar-refractivity contribution in [2.45, 2.75) is 25.8 Å². The van der Waals surface area contributed by atoms with E-state index in [9.17, 15) is 19.2 Å². The van der Waals surface area contributed by atoms with Crippen LogP contribution >= 0.6 is 11.3 Å². The molecule has 0 spiro atoms. The number of fused-ring (bicyclic) bond motifs is 1. The average molecular weight is 595 g/mol. The number of hydrogen-bond donors (Lipinski definition) is 2. The van der Waals surface area contributed by atoms with Crippen molar-refractivity contribution < 1.29 is 19.2 Å². The summed E-state index contributed by atoms with van der Waals surface area (Å²) in [6.07, 6.45) is 3.66. The molecule has 1 saturated heterocycles. The van der Waals surface area contributed by atoms with E-state index in [0.29, 0.717) is 59.8 Å². The lowest BCUT2D eigenvalue weighted by Crippen LogP contribution is -2.26. The number of carbonyl (C=O) groups excluding carboxylic acids is 4. The maximum atomic E-state index is 13.3. The van der Waals surface area contributed by atoms with Gasteiger partial charge in [-0.2, -0.15) is 11.3 Å². The Morgan fingerprint density at radius 1 is 1.02 bits per heavy atom. The van der Waals surface area contributed by atoms with Crippen molar-refractivity contribution in [2.24, 2.45) is 0 Å². The number of nitrogens with zero attached hydrogens (tertiary/aromatic N) is 4. The number of nitrogens with one attached hydrogen (secondary N) is 2. The molecule has 0 aliphatic carbocycles. The number of aromatic amines is 1. The molecule has 3 aromatic heterocycles. The Morgan fingerprint density at radius 2 is 1.86 bits per heavy atom. The Hall–Kier alpha value is -5.03. The lowest BCUT2D eigenvalue weighted by atomic mass is 10.1. The Labute approximate surface area is 251 Å². The van der Waals surface area contributed by atoms with Gasteiger partial charge in [0.1, 0.15) is 5.69 Å². The number of likely N-dealkylation sites (tertiary alicyclic amines) is 1. The third-order valence-electron chi connectivity index (χ3n) is 7.62. The second-order valence-corrected chi connectivity index (χ2v) is 11.2. The quantitative estimate of drug-likeness (QED) is 0.216. The van der Waals surface area contributed by atoms with Crippen LogP contribution in [0.1, 0.15) is 56.0 Å². The van der Waals surface area contributed by atoms with E-state index in [1.807, 2.05) is 51.2 Å². The van der Waals surface area contributed by atoms with Crippen LogP contribution in [0.4, 0.5) is 11.6 Å². The van der Waals surface area contributed by atoms with Crippen LogP contribution in [-0.4, -0.2) is 63.1 Å². The summed E-state index contributed by atoms with van der Waals surface area (Å²) in [5, 5.41) is 6.50. The van der Waals surface area contributed by atoms with Crippen molar-refractivity contribution >= 4 is 57.5 Å². The standard InChI is InChI=1S/C32H30N6O4S/c1-36(31(42)21-7-3-2-4-8-21)24-10-11-27-25(18-24)34-32(38(27)15-6-14-37-13-5-9-28(37)39)35-30(41)26-17-23(19-33-26)29(40)22-12-16-43-20-22/h2-4,7-8,10-12,16-20,33H,5-6,9,13-15H2,1H3,(H,34,35,41). The molecule has 0 radical (unpaired) electrons. The summed E-state index contributed by atoms with van der Waals surface area (Å²) >= 11 is 1.43. The second kappa shape index (κ2) is 12.1. The highest BCUT2D eigenvalue weighted by Gasteiger charge is 2.22. The van der Waals surface area contributed by atoms with Crippen molar-refractivity contribution in [3.05, 3.63) is 100 Å². The van der Waals surface area contributed by atoms with E-state index in [2.05, 4.69) is 10.3 Å². The molecule has 5 aromatic rings. The van der Waals surface area contributed by atoms with E-state index in [4.69, 9.17) is 4.98 Å². The maximum Gasteiger partial charge on any atom is 0.274 e. The number of aromatic nitrogens is 3. The normalized spacial score (nSPS) is 13.0. The highest BCUT2D eigenvalue weighted by molar-refractivity contribution is 7.08. The van der Waals surface area contributed by atoms with E-state index in [0.717, 1.165) is 18.5 Å². The molecule has 1 aliphatic heterocycles. The van der Waals surface area contributed by atoms with Gasteiger partial charge < -0.3 is 19.4 Å². The van der Waals surface area contributed by atoms with Gasteiger partial charge in [-0.05, 0) is 60.7 Å². The fourth-order valence-electron chi connectivity index (χ4n) is 5.29. The van der Waals surface area contributed by atoms with Crippen molar-refractivity contribution in [1.29, 1.82) is 0 Å². The lowest BCUT2D eigenvalue weighted by molar-refractivity contribution is -0.127. The zero-order chi connectivity index (χ0) is 29.9. The molecule has 3 amide bonds. The van der Waals surface area contributed by atoms with Crippen LogP contribution in [0.5, 0.6) is 0 Å². The Morgan fingerprint density at radius 3 is 2.60 bits per heavy atom. The highest BCUT2D eigenvalue weighted by atomic mass is 32.1. The summed E-state index contributed by atoms with van der Waals surface area (Å²) in [6, 6.07) is 17.9. The molecule has 0 atom stereocenters. The summed E-state index contributed by atoms with van der Waals surface area (Å²) < 4.78 is 1.91. The van der Waals surface area contributed by atoms with Gasteiger partial charge in [-0.25, -0.2) is 4.98 Å². The number of anilines is 2. The third kappa shape index (κ3) is 5.84. The van der Waals surface area contributed by atoms with E-state index in [-0.39, 0.29) is 23.3 Å². The molecule has 1 aliphatic rings. The van der Waals surface area contributed by atoms with Gasteiger partial charge >= 0.3 is 0 Å². The smallest absolute Gasteiger partial charge is 0.274 e. The van der Waals surface area contributed by atoms with Crippen LogP contribution in [0.3, 0.4) is 0 Å². The van der Waals surface area contributed by atoms with Crippen LogP contribution in [0.25, 0.3) is 11.0 Å². The topological polar surface area (TPSA) is 120 Å². The number of aryl methyl sites for hydroxylation is 1. The molecule has 0 saturated carbocycles. The molecule has 43 heavy (non-hydrogen) atoms. The van der Waals surface area contributed by atoms with Gasteiger partial charge in [0.2, 0.25) is 11.9 Å². The molecule has 0 unspecified atom stereocenters. The molecule has 218 valence electrons. The van der Waals surface area contributed by atoms with Crippen molar-refractivity contribution in [3.63, 3.8) is 0 Å². The molecule has 4 heterocycles. The fourth-order valence-corrected chi connectivity index (χ4v) is 5.92. The highest BCUT2D eigenvalue weighted by Crippen LogP contribution is 2.27. The minimum atomic E-state index is -0.438. The average Bonchev–Trinajstić information content (AvgIpc) is 3.85. The first-order valence-corrected chi connectivity index (χ1v) is 15.0. The number of hydrogen-bond acceptors (Lipinski definition) is 6. The van der Waals surface area contributed by atoms with Crippen LogP contribution in [0.2, 0.25) is 0 Å². The zero-order valence-electron chi connectivity index (χ0n) is 23.6. The largest absolute Gasteiger partial charge is 0.356 e. The van der Waals surface area contributed by atoms with Gasteiger partial charge in [0.25, 0.3) is 11.8 Å². The van der Waals surface area contributed by atoms with Crippen LogP contribution in [-0.2, 0) is 11.3 Å². The first-order valence-electron chi connectivity index (χ1n) is 14.1. The van der Waals surface area contributed by atoms with Gasteiger partial charge in [0, 0.05) is 67.1 Å². The van der Waals surface area contributed by atoms with Gasteiger partial charge in [-0.3, -0.25) is 24.5 Å². The Balaban J connectivity index is 1.26. The van der Waals surface area contributed by atoms with Gasteiger partial charge in [0.05, 0.1) is 11.0 Å². The molecule has 1 fully saturated rings. The van der Waals surface area contributed by atoms with Crippen molar-refractivity contribution in [1.82, 2.24) is 19.4 Å². The Bertz CT molecular complexity index is 1810. The number of thiophene rings is 1. The molecular formula is C32H30N6O4S. The summed E-state index contributed by atoms with van der Waals surface area (Å²) in [6.45, 7) is 1.89. The monoisotopic (exact) mass is 594 g/mol. The zero-order valence-corrected chi connectivity index (χ0v) is 24.4.